The van der Waals surface area contributed by atoms with Gasteiger partial charge in [-0.3, -0.25) is 0 Å². The Morgan fingerprint density at radius 1 is 0.800 bits per heavy atom. The summed E-state index contributed by atoms with van der Waals surface area (Å²) in [7, 11) is 0. The first-order valence-electron chi connectivity index (χ1n) is 8.92. The van der Waals surface area contributed by atoms with Gasteiger partial charge >= 0.3 is 12.0 Å². The SMILES string of the molecule is CC(C)(C)C1COC(N(C2=NC(C(C)(C)C)CO2)c2ccccc2)=N1. The highest BCUT2D eigenvalue weighted by molar-refractivity contribution is 6.14. The van der Waals surface area contributed by atoms with Crippen LogP contribution < -0.4 is 4.90 Å². The lowest BCUT2D eigenvalue weighted by molar-refractivity contribution is 0.228. The maximum Gasteiger partial charge on any atom is 0.300 e. The Bertz CT molecular complexity index is 628. The van der Waals surface area contributed by atoms with Crippen molar-refractivity contribution in [3.8, 4) is 0 Å². The molecule has 2 heterocycles. The number of aliphatic imine (C=N–C) groups is 2. The van der Waals surface area contributed by atoms with E-state index in [2.05, 4.69) is 41.5 Å². The second-order valence-corrected chi connectivity index (χ2v) is 8.88. The van der Waals surface area contributed by atoms with Gasteiger partial charge in [0.05, 0.1) is 17.8 Å². The molecule has 0 radical (unpaired) electrons. The molecule has 1 aromatic carbocycles. The average molecular weight is 343 g/mol. The third-order valence-electron chi connectivity index (χ3n) is 4.67. The molecule has 2 unspecified atom stereocenters. The van der Waals surface area contributed by atoms with Gasteiger partial charge in [0, 0.05) is 0 Å². The zero-order valence-electron chi connectivity index (χ0n) is 16.1. The number of anilines is 1. The van der Waals surface area contributed by atoms with E-state index in [1.807, 2.05) is 35.2 Å². The van der Waals surface area contributed by atoms with Crippen molar-refractivity contribution >= 4 is 17.7 Å². The Kier molecular flexibility index (Phi) is 4.52. The Hall–Kier alpha value is -2.04. The Morgan fingerprint density at radius 3 is 1.60 bits per heavy atom. The summed E-state index contributed by atoms with van der Waals surface area (Å²) in [4.78, 5) is 11.6. The molecule has 0 aromatic heterocycles. The smallest absolute Gasteiger partial charge is 0.300 e. The summed E-state index contributed by atoms with van der Waals surface area (Å²) in [6, 6.07) is 11.4. The number of para-hydroxylation sites is 1. The van der Waals surface area contributed by atoms with Gasteiger partial charge in [-0.25, -0.2) is 14.9 Å². The number of hydrogen-bond acceptors (Lipinski definition) is 5. The molecule has 1 aromatic rings. The first kappa shape index (κ1) is 17.8. The molecule has 0 bridgehead atoms. The lowest BCUT2D eigenvalue weighted by Crippen LogP contribution is -2.37. The van der Waals surface area contributed by atoms with Crippen molar-refractivity contribution in [3.05, 3.63) is 30.3 Å². The molecule has 0 aliphatic carbocycles. The van der Waals surface area contributed by atoms with Gasteiger partial charge in [-0.05, 0) is 23.0 Å². The molecular weight excluding hydrogens is 314 g/mol. The molecule has 2 aliphatic heterocycles. The Balaban J connectivity index is 1.96. The van der Waals surface area contributed by atoms with E-state index in [-0.39, 0.29) is 22.9 Å². The molecule has 136 valence electrons. The van der Waals surface area contributed by atoms with Crippen molar-refractivity contribution in [3.63, 3.8) is 0 Å². The monoisotopic (exact) mass is 343 g/mol. The van der Waals surface area contributed by atoms with Gasteiger partial charge < -0.3 is 9.47 Å². The van der Waals surface area contributed by atoms with Gasteiger partial charge in [0.15, 0.2) is 0 Å². The van der Waals surface area contributed by atoms with Crippen LogP contribution in [0.3, 0.4) is 0 Å². The fourth-order valence-electron chi connectivity index (χ4n) is 2.73. The average Bonchev–Trinajstić information content (AvgIpc) is 3.17. The quantitative estimate of drug-likeness (QED) is 0.771. The van der Waals surface area contributed by atoms with Gasteiger partial charge in [0.25, 0.3) is 0 Å². The summed E-state index contributed by atoms with van der Waals surface area (Å²) < 4.78 is 11.9. The fourth-order valence-corrected chi connectivity index (χ4v) is 2.73. The topological polar surface area (TPSA) is 46.4 Å². The van der Waals surface area contributed by atoms with E-state index in [4.69, 9.17) is 19.5 Å². The minimum Gasteiger partial charge on any atom is -0.462 e. The molecular formula is C20H29N3O2. The summed E-state index contributed by atoms with van der Waals surface area (Å²) in [5.74, 6) is 0. The third-order valence-corrected chi connectivity index (χ3v) is 4.67. The minimum atomic E-state index is 0.0520. The van der Waals surface area contributed by atoms with Crippen LogP contribution in [0.5, 0.6) is 0 Å². The summed E-state index contributed by atoms with van der Waals surface area (Å²) in [6.45, 7) is 14.2. The van der Waals surface area contributed by atoms with Crippen LogP contribution in [-0.2, 0) is 9.47 Å². The van der Waals surface area contributed by atoms with E-state index in [0.717, 1.165) is 5.69 Å². The molecule has 0 saturated heterocycles. The van der Waals surface area contributed by atoms with Crippen LogP contribution in [0.2, 0.25) is 0 Å². The Morgan fingerprint density at radius 2 is 1.24 bits per heavy atom. The predicted octanol–water partition coefficient (Wildman–Crippen LogP) is 4.09. The molecule has 2 aliphatic rings. The number of ether oxygens (including phenoxy) is 2. The molecule has 0 saturated carbocycles. The molecule has 2 atom stereocenters. The Labute approximate surface area is 150 Å². The molecule has 0 fully saturated rings. The number of amidine groups is 2. The van der Waals surface area contributed by atoms with Crippen LogP contribution in [0.25, 0.3) is 0 Å². The minimum absolute atomic E-state index is 0.0520. The lowest BCUT2D eigenvalue weighted by Gasteiger charge is -2.22. The van der Waals surface area contributed by atoms with Crippen LogP contribution in [0.15, 0.2) is 40.3 Å². The summed E-state index contributed by atoms with van der Waals surface area (Å²) in [5, 5.41) is 0. The van der Waals surface area contributed by atoms with Crippen LogP contribution in [0, 0.1) is 10.8 Å². The molecule has 3 rings (SSSR count). The fraction of sp³-hybridized carbons (Fsp3) is 0.600. The lowest BCUT2D eigenvalue weighted by atomic mass is 9.88. The maximum absolute atomic E-state index is 5.96. The van der Waals surface area contributed by atoms with Gasteiger partial charge in [0.2, 0.25) is 0 Å². The molecule has 0 spiro atoms. The summed E-state index contributed by atoms with van der Waals surface area (Å²) in [6.07, 6.45) is 0. The van der Waals surface area contributed by atoms with E-state index in [9.17, 15) is 0 Å². The van der Waals surface area contributed by atoms with Crippen molar-refractivity contribution in [1.82, 2.24) is 0 Å². The summed E-state index contributed by atoms with van der Waals surface area (Å²) in [5.41, 5.74) is 1.05. The zero-order chi connectivity index (χ0) is 18.2. The van der Waals surface area contributed by atoms with Crippen LogP contribution in [0.1, 0.15) is 41.5 Å². The van der Waals surface area contributed by atoms with E-state index < -0.39 is 0 Å². The number of nitrogens with zero attached hydrogens (tertiary/aromatic N) is 3. The van der Waals surface area contributed by atoms with E-state index in [1.54, 1.807) is 0 Å². The highest BCUT2D eigenvalue weighted by atomic mass is 16.5. The third kappa shape index (κ3) is 3.80. The van der Waals surface area contributed by atoms with Gasteiger partial charge in [-0.2, -0.15) is 0 Å². The van der Waals surface area contributed by atoms with E-state index >= 15 is 0 Å². The molecule has 5 nitrogen and oxygen atoms in total. The van der Waals surface area contributed by atoms with E-state index in [0.29, 0.717) is 25.3 Å². The van der Waals surface area contributed by atoms with Crippen molar-refractivity contribution in [2.24, 2.45) is 20.8 Å². The van der Waals surface area contributed by atoms with Crippen molar-refractivity contribution in [2.75, 3.05) is 18.1 Å². The van der Waals surface area contributed by atoms with Crippen LogP contribution in [-0.4, -0.2) is 37.3 Å². The van der Waals surface area contributed by atoms with Crippen LogP contribution >= 0.6 is 0 Å². The van der Waals surface area contributed by atoms with Crippen molar-refractivity contribution in [1.29, 1.82) is 0 Å². The van der Waals surface area contributed by atoms with Gasteiger partial charge in [-0.1, -0.05) is 59.7 Å². The van der Waals surface area contributed by atoms with Crippen molar-refractivity contribution in [2.45, 2.75) is 53.6 Å². The first-order valence-corrected chi connectivity index (χ1v) is 8.92. The molecule has 0 amide bonds. The molecule has 25 heavy (non-hydrogen) atoms. The predicted molar refractivity (Wildman–Crippen MR) is 102 cm³/mol. The second kappa shape index (κ2) is 6.36. The van der Waals surface area contributed by atoms with Gasteiger partial charge in [-0.15, -0.1) is 0 Å². The zero-order valence-corrected chi connectivity index (χ0v) is 16.1. The summed E-state index contributed by atoms with van der Waals surface area (Å²) >= 11 is 0. The second-order valence-electron chi connectivity index (χ2n) is 8.88. The normalized spacial score (nSPS) is 23.6. The highest BCUT2D eigenvalue weighted by Crippen LogP contribution is 2.31. The maximum atomic E-state index is 5.96. The highest BCUT2D eigenvalue weighted by Gasteiger charge is 2.38. The largest absolute Gasteiger partial charge is 0.462 e. The number of rotatable bonds is 1. The standard InChI is InChI=1S/C20H29N3O2/c1-19(2,3)15-12-24-17(21-15)23(14-10-8-7-9-11-14)18-22-16(13-25-18)20(4,5)6/h7-11,15-16H,12-13H2,1-6H3. The number of hydrogen-bond donors (Lipinski definition) is 0. The molecule has 0 N–H and O–H groups in total. The molecule has 5 heteroatoms. The number of benzene rings is 1. The first-order chi connectivity index (χ1) is 11.7. The van der Waals surface area contributed by atoms with Crippen molar-refractivity contribution < 1.29 is 9.47 Å². The van der Waals surface area contributed by atoms with Gasteiger partial charge in [0.1, 0.15) is 13.2 Å². The van der Waals surface area contributed by atoms with E-state index in [1.165, 1.54) is 0 Å². The van der Waals surface area contributed by atoms with Crippen LogP contribution in [0.4, 0.5) is 5.69 Å².